The second-order valence-corrected chi connectivity index (χ2v) is 7.50. The minimum Gasteiger partial charge on any atom is -0.508 e. The molecule has 0 aliphatic carbocycles. The van der Waals surface area contributed by atoms with Gasteiger partial charge in [-0.05, 0) is 35.9 Å². The molecule has 3 aromatic rings. The number of hydrogen-bond acceptors (Lipinski definition) is 4. The Labute approximate surface area is 182 Å². The number of aromatic hydroxyl groups is 1. The van der Waals surface area contributed by atoms with E-state index in [4.69, 9.17) is 27.9 Å². The molecule has 1 fully saturated rings. The predicted octanol–water partition coefficient (Wildman–Crippen LogP) is 5.14. The molecule has 0 atom stereocenters. The number of anilines is 1. The molecule has 4 rings (SSSR count). The molecule has 3 amide bonds. The van der Waals surface area contributed by atoms with Crippen LogP contribution in [0.5, 0.6) is 17.2 Å². The van der Waals surface area contributed by atoms with Crippen molar-refractivity contribution >= 4 is 40.8 Å². The molecule has 0 bridgehead atoms. The van der Waals surface area contributed by atoms with Crippen molar-refractivity contribution in [3.05, 3.63) is 81.8 Å². The van der Waals surface area contributed by atoms with E-state index in [9.17, 15) is 14.7 Å². The minimum absolute atomic E-state index is 0.0793. The molecule has 6 nitrogen and oxygen atoms in total. The predicted molar refractivity (Wildman–Crippen MR) is 115 cm³/mol. The minimum atomic E-state index is -0.537. The van der Waals surface area contributed by atoms with Crippen LogP contribution in [0.4, 0.5) is 10.5 Å². The number of urea groups is 1. The molecule has 1 aliphatic rings. The number of hydrogen-bond donors (Lipinski definition) is 2. The Morgan fingerprint density at radius 3 is 2.33 bits per heavy atom. The molecule has 2 N–H and O–H groups in total. The highest BCUT2D eigenvalue weighted by atomic mass is 35.5. The smallest absolute Gasteiger partial charge is 0.329 e. The lowest BCUT2D eigenvalue weighted by atomic mass is 10.0. The second kappa shape index (κ2) is 8.26. The van der Waals surface area contributed by atoms with Gasteiger partial charge >= 0.3 is 6.03 Å². The Morgan fingerprint density at radius 2 is 1.70 bits per heavy atom. The van der Waals surface area contributed by atoms with Crippen molar-refractivity contribution < 1.29 is 19.4 Å². The van der Waals surface area contributed by atoms with Gasteiger partial charge in [-0.25, -0.2) is 9.69 Å². The normalized spacial score (nSPS) is 13.5. The van der Waals surface area contributed by atoms with E-state index in [0.29, 0.717) is 17.7 Å². The fourth-order valence-electron chi connectivity index (χ4n) is 3.16. The summed E-state index contributed by atoms with van der Waals surface area (Å²) in [5.74, 6) is 0.373. The van der Waals surface area contributed by atoms with Crippen LogP contribution in [0, 0.1) is 0 Å². The van der Waals surface area contributed by atoms with Gasteiger partial charge in [0.05, 0.1) is 22.3 Å². The molecule has 3 aromatic carbocycles. The molecule has 1 aliphatic heterocycles. The number of imide groups is 1. The second-order valence-electron chi connectivity index (χ2n) is 6.68. The topological polar surface area (TPSA) is 78.9 Å². The summed E-state index contributed by atoms with van der Waals surface area (Å²) in [7, 11) is 0. The van der Waals surface area contributed by atoms with Crippen molar-refractivity contribution in [3.8, 4) is 17.2 Å². The maximum atomic E-state index is 11.9. The van der Waals surface area contributed by atoms with Crippen LogP contribution in [0.15, 0.2) is 60.7 Å². The number of carbonyl (C=O) groups excluding carboxylic acids is 2. The number of phenolic OH excluding ortho intramolecular Hbond substituents is 1. The molecule has 152 valence electrons. The van der Waals surface area contributed by atoms with Crippen LogP contribution in [0.2, 0.25) is 10.0 Å². The van der Waals surface area contributed by atoms with E-state index in [-0.39, 0.29) is 33.8 Å². The van der Waals surface area contributed by atoms with Crippen molar-refractivity contribution in [2.45, 2.75) is 6.42 Å². The third-order valence-corrected chi connectivity index (χ3v) is 5.15. The Hall–Kier alpha value is -3.22. The summed E-state index contributed by atoms with van der Waals surface area (Å²) in [6, 6.07) is 16.9. The van der Waals surface area contributed by atoms with Gasteiger partial charge in [-0.15, -0.1) is 0 Å². The van der Waals surface area contributed by atoms with Gasteiger partial charge in [0.2, 0.25) is 0 Å². The summed E-state index contributed by atoms with van der Waals surface area (Å²) in [5.41, 5.74) is 1.98. The van der Waals surface area contributed by atoms with Crippen molar-refractivity contribution in [2.24, 2.45) is 0 Å². The largest absolute Gasteiger partial charge is 0.508 e. The number of ether oxygens (including phenoxy) is 1. The highest BCUT2D eigenvalue weighted by Gasteiger charge is 2.31. The monoisotopic (exact) mass is 442 g/mol. The summed E-state index contributed by atoms with van der Waals surface area (Å²) in [6.45, 7) is -0.0793. The van der Waals surface area contributed by atoms with Crippen molar-refractivity contribution in [1.82, 2.24) is 5.32 Å². The summed E-state index contributed by atoms with van der Waals surface area (Å²) in [6.07, 6.45) is 0.524. The molecule has 0 radical (unpaired) electrons. The van der Waals surface area contributed by atoms with E-state index in [1.54, 1.807) is 12.1 Å². The molecule has 1 saturated heterocycles. The van der Waals surface area contributed by atoms with Crippen LogP contribution in [0.1, 0.15) is 11.1 Å². The van der Waals surface area contributed by atoms with Crippen LogP contribution in [0.25, 0.3) is 0 Å². The average Bonchev–Trinajstić information content (AvgIpc) is 3.06. The number of carbonyl (C=O) groups is 2. The van der Waals surface area contributed by atoms with E-state index in [1.807, 2.05) is 30.3 Å². The summed E-state index contributed by atoms with van der Waals surface area (Å²) >= 11 is 12.7. The molecule has 30 heavy (non-hydrogen) atoms. The molecule has 0 spiro atoms. The first-order valence-electron chi connectivity index (χ1n) is 9.06. The number of nitrogens with zero attached hydrogens (tertiary/aromatic N) is 1. The number of rotatable bonds is 5. The van der Waals surface area contributed by atoms with Crippen LogP contribution in [-0.2, 0) is 11.2 Å². The standard InChI is InChI=1S/C22H16Cl2N2O4/c23-17-10-15(26-20(28)12-25-22(26)29)11-18(24)21(17)30-16-6-7-19(27)14(9-16)8-13-4-2-1-3-5-13/h1-7,9-11,27H,8,12H2,(H,25,29). The van der Waals surface area contributed by atoms with Crippen molar-refractivity contribution in [1.29, 1.82) is 0 Å². The van der Waals surface area contributed by atoms with Crippen LogP contribution >= 0.6 is 23.2 Å². The van der Waals surface area contributed by atoms with Gasteiger partial charge < -0.3 is 15.2 Å². The van der Waals surface area contributed by atoms with Gasteiger partial charge in [-0.1, -0.05) is 53.5 Å². The SMILES string of the molecule is O=C1CNC(=O)N1c1cc(Cl)c(Oc2ccc(O)c(Cc3ccccc3)c2)c(Cl)c1. The van der Waals surface area contributed by atoms with Gasteiger partial charge in [0.15, 0.2) is 5.75 Å². The molecular formula is C22H16Cl2N2O4. The third kappa shape index (κ3) is 4.06. The van der Waals surface area contributed by atoms with Gasteiger partial charge in [0.1, 0.15) is 11.5 Å². The number of amides is 3. The molecule has 8 heteroatoms. The highest BCUT2D eigenvalue weighted by molar-refractivity contribution is 6.38. The lowest BCUT2D eigenvalue weighted by Gasteiger charge is -2.16. The van der Waals surface area contributed by atoms with Crippen LogP contribution in [-0.4, -0.2) is 23.6 Å². The van der Waals surface area contributed by atoms with Gasteiger partial charge in [-0.3, -0.25) is 4.79 Å². The van der Waals surface area contributed by atoms with Gasteiger partial charge in [0, 0.05) is 12.0 Å². The number of halogens is 2. The third-order valence-electron chi connectivity index (χ3n) is 4.59. The van der Waals surface area contributed by atoms with Crippen LogP contribution in [0.3, 0.4) is 0 Å². The Kier molecular flexibility index (Phi) is 5.53. The van der Waals surface area contributed by atoms with E-state index in [1.165, 1.54) is 18.2 Å². The zero-order chi connectivity index (χ0) is 21.3. The maximum Gasteiger partial charge on any atom is 0.329 e. The van der Waals surface area contributed by atoms with E-state index in [0.717, 1.165) is 10.5 Å². The Bertz CT molecular complexity index is 1100. The maximum absolute atomic E-state index is 11.9. The molecule has 0 saturated carbocycles. The summed E-state index contributed by atoms with van der Waals surface area (Å²) in [4.78, 5) is 24.7. The van der Waals surface area contributed by atoms with E-state index < -0.39 is 11.9 Å². The quantitative estimate of drug-likeness (QED) is 0.536. The zero-order valence-corrected chi connectivity index (χ0v) is 17.1. The fourth-order valence-corrected chi connectivity index (χ4v) is 3.71. The van der Waals surface area contributed by atoms with Gasteiger partial charge in [-0.2, -0.15) is 0 Å². The molecular weight excluding hydrogens is 427 g/mol. The molecule has 0 unspecified atom stereocenters. The number of benzene rings is 3. The molecule has 0 aromatic heterocycles. The number of phenols is 1. The Morgan fingerprint density at radius 1 is 1.00 bits per heavy atom. The van der Waals surface area contributed by atoms with Crippen molar-refractivity contribution in [2.75, 3.05) is 11.4 Å². The average molecular weight is 443 g/mol. The fraction of sp³-hybridized carbons (Fsp3) is 0.0909. The summed E-state index contributed by atoms with van der Waals surface area (Å²) in [5, 5.41) is 12.9. The lowest BCUT2D eigenvalue weighted by Crippen LogP contribution is -2.30. The van der Waals surface area contributed by atoms with Crippen molar-refractivity contribution in [3.63, 3.8) is 0 Å². The Balaban J connectivity index is 1.61. The summed E-state index contributed by atoms with van der Waals surface area (Å²) < 4.78 is 5.87. The van der Waals surface area contributed by atoms with E-state index >= 15 is 0 Å². The lowest BCUT2D eigenvalue weighted by molar-refractivity contribution is -0.115. The zero-order valence-electron chi connectivity index (χ0n) is 15.6. The van der Waals surface area contributed by atoms with Crippen LogP contribution < -0.4 is 15.0 Å². The molecule has 1 heterocycles. The number of nitrogens with one attached hydrogen (secondary N) is 1. The highest BCUT2D eigenvalue weighted by Crippen LogP contribution is 2.41. The van der Waals surface area contributed by atoms with E-state index in [2.05, 4.69) is 5.32 Å². The first-order valence-corrected chi connectivity index (χ1v) is 9.81. The first-order chi connectivity index (χ1) is 14.4. The van der Waals surface area contributed by atoms with Gasteiger partial charge in [0.25, 0.3) is 5.91 Å². The first kappa shape index (κ1) is 20.1.